The number of aromatic hydroxyl groups is 1. The molecular formula is C9H10N2O4. The van der Waals surface area contributed by atoms with Crippen molar-refractivity contribution in [3.05, 3.63) is 24.3 Å². The fraction of sp³-hybridized carbons (Fsp3) is 0.111. The largest absolute Gasteiger partial charge is 0.508 e. The monoisotopic (exact) mass is 210 g/mol. The number of rotatable bonds is 2. The number of hydrogen-bond donors (Lipinski definition) is 3. The molecule has 0 unspecified atom stereocenters. The highest BCUT2D eigenvalue weighted by Crippen LogP contribution is 2.18. The minimum atomic E-state index is -0.986. The van der Waals surface area contributed by atoms with Crippen LogP contribution in [0.4, 0.5) is 10.5 Å². The summed E-state index contributed by atoms with van der Waals surface area (Å²) in [5.74, 6) is -0.826. The lowest BCUT2D eigenvalue weighted by Gasteiger charge is -2.17. The number of primary amides is 1. The first kappa shape index (κ1) is 11.0. The van der Waals surface area contributed by atoms with Crippen LogP contribution in [-0.4, -0.2) is 28.8 Å². The van der Waals surface area contributed by atoms with Gasteiger partial charge in [-0.25, -0.2) is 9.69 Å². The maximum atomic E-state index is 11.2. The fourth-order valence-electron chi connectivity index (χ4n) is 1.07. The number of imide groups is 1. The molecule has 6 nitrogen and oxygen atoms in total. The summed E-state index contributed by atoms with van der Waals surface area (Å²) in [6.07, 6.45) is 0. The quantitative estimate of drug-likeness (QED) is 0.628. The molecule has 0 aliphatic rings. The Hall–Kier alpha value is -2.08. The minimum Gasteiger partial charge on any atom is -0.508 e. The highest BCUT2D eigenvalue weighted by molar-refractivity contribution is 6.14. The van der Waals surface area contributed by atoms with E-state index in [0.29, 0.717) is 4.90 Å². The number of nitrogens with two attached hydrogens (primary N) is 1. The van der Waals surface area contributed by atoms with Crippen LogP contribution in [0.2, 0.25) is 0 Å². The number of carbonyl (C=O) groups excluding carboxylic acids is 2. The van der Waals surface area contributed by atoms with E-state index in [-0.39, 0.29) is 11.4 Å². The summed E-state index contributed by atoms with van der Waals surface area (Å²) in [6.45, 7) is -0.816. The molecule has 0 heterocycles. The van der Waals surface area contributed by atoms with E-state index in [4.69, 9.17) is 15.9 Å². The Labute approximate surface area is 85.5 Å². The molecule has 0 spiro atoms. The lowest BCUT2D eigenvalue weighted by atomic mass is 10.3. The summed E-state index contributed by atoms with van der Waals surface area (Å²) in [4.78, 5) is 22.7. The van der Waals surface area contributed by atoms with E-state index in [9.17, 15) is 9.59 Å². The highest BCUT2D eigenvalue weighted by Gasteiger charge is 2.19. The van der Waals surface area contributed by atoms with Crippen LogP contribution in [0.1, 0.15) is 0 Å². The normalized spacial score (nSPS) is 9.67. The molecule has 1 aromatic rings. The van der Waals surface area contributed by atoms with Crippen molar-refractivity contribution in [2.24, 2.45) is 5.73 Å². The Morgan fingerprint density at radius 1 is 1.27 bits per heavy atom. The Balaban J connectivity index is 3.04. The van der Waals surface area contributed by atoms with Crippen molar-refractivity contribution in [3.63, 3.8) is 0 Å². The zero-order valence-corrected chi connectivity index (χ0v) is 7.75. The number of carbonyl (C=O) groups is 2. The van der Waals surface area contributed by atoms with Crippen LogP contribution in [-0.2, 0) is 4.79 Å². The van der Waals surface area contributed by atoms with Gasteiger partial charge in [-0.05, 0) is 24.3 Å². The lowest BCUT2D eigenvalue weighted by Crippen LogP contribution is -2.42. The molecule has 4 N–H and O–H groups in total. The molecule has 0 fully saturated rings. The van der Waals surface area contributed by atoms with Gasteiger partial charge in [0.05, 0.1) is 5.69 Å². The molecular weight excluding hydrogens is 200 g/mol. The second-order valence-corrected chi connectivity index (χ2v) is 2.74. The van der Waals surface area contributed by atoms with Crippen molar-refractivity contribution in [1.29, 1.82) is 0 Å². The minimum absolute atomic E-state index is 0.000354. The van der Waals surface area contributed by atoms with Gasteiger partial charge in [-0.15, -0.1) is 0 Å². The second-order valence-electron chi connectivity index (χ2n) is 2.74. The Kier molecular flexibility index (Phi) is 3.25. The van der Waals surface area contributed by atoms with Crippen molar-refractivity contribution in [2.45, 2.75) is 0 Å². The average Bonchev–Trinajstić information content (AvgIpc) is 2.20. The van der Waals surface area contributed by atoms with Crippen LogP contribution >= 0.6 is 0 Å². The number of urea groups is 1. The maximum absolute atomic E-state index is 11.2. The molecule has 80 valence electrons. The first-order valence-electron chi connectivity index (χ1n) is 4.08. The van der Waals surface area contributed by atoms with Crippen molar-refractivity contribution in [2.75, 3.05) is 11.5 Å². The maximum Gasteiger partial charge on any atom is 0.326 e. The predicted octanol–water partition coefficient (Wildman–Crippen LogP) is -0.204. The third kappa shape index (κ3) is 2.44. The molecule has 0 aliphatic heterocycles. The molecule has 6 heteroatoms. The van der Waals surface area contributed by atoms with E-state index in [2.05, 4.69) is 0 Å². The number of anilines is 1. The van der Waals surface area contributed by atoms with Gasteiger partial charge in [0.2, 0.25) is 0 Å². The Bertz CT molecular complexity index is 374. The zero-order valence-electron chi connectivity index (χ0n) is 7.75. The summed E-state index contributed by atoms with van der Waals surface area (Å²) in [5.41, 5.74) is 5.17. The summed E-state index contributed by atoms with van der Waals surface area (Å²) >= 11 is 0. The van der Waals surface area contributed by atoms with E-state index in [1.165, 1.54) is 24.3 Å². The van der Waals surface area contributed by atoms with Crippen molar-refractivity contribution in [3.8, 4) is 5.75 Å². The van der Waals surface area contributed by atoms with E-state index in [0.717, 1.165) is 0 Å². The van der Waals surface area contributed by atoms with Crippen LogP contribution in [0, 0.1) is 0 Å². The van der Waals surface area contributed by atoms with Crippen LogP contribution in [0.3, 0.4) is 0 Å². The number of nitrogens with zero attached hydrogens (tertiary/aromatic N) is 1. The van der Waals surface area contributed by atoms with Crippen molar-refractivity contribution >= 4 is 17.6 Å². The number of phenols is 1. The zero-order chi connectivity index (χ0) is 11.4. The van der Waals surface area contributed by atoms with Gasteiger partial charge in [-0.1, -0.05) is 0 Å². The number of aliphatic hydroxyl groups is 1. The van der Waals surface area contributed by atoms with Gasteiger partial charge in [-0.3, -0.25) is 4.79 Å². The van der Waals surface area contributed by atoms with E-state index >= 15 is 0 Å². The highest BCUT2D eigenvalue weighted by atomic mass is 16.3. The number of amides is 3. The number of aliphatic hydroxyl groups excluding tert-OH is 1. The molecule has 15 heavy (non-hydrogen) atoms. The van der Waals surface area contributed by atoms with Crippen LogP contribution < -0.4 is 10.6 Å². The second kappa shape index (κ2) is 4.43. The molecule has 0 saturated heterocycles. The van der Waals surface area contributed by atoms with Crippen LogP contribution in [0.15, 0.2) is 24.3 Å². The van der Waals surface area contributed by atoms with Crippen molar-refractivity contribution in [1.82, 2.24) is 0 Å². The van der Waals surface area contributed by atoms with E-state index < -0.39 is 18.5 Å². The Morgan fingerprint density at radius 2 is 1.80 bits per heavy atom. The molecule has 0 aromatic heterocycles. The molecule has 0 atom stereocenters. The van der Waals surface area contributed by atoms with Gasteiger partial charge in [-0.2, -0.15) is 0 Å². The topological polar surface area (TPSA) is 104 Å². The smallest absolute Gasteiger partial charge is 0.326 e. The third-order valence-electron chi connectivity index (χ3n) is 1.71. The van der Waals surface area contributed by atoms with Gasteiger partial charge >= 0.3 is 6.03 Å². The number of hydrogen-bond acceptors (Lipinski definition) is 4. The molecule has 0 bridgehead atoms. The Morgan fingerprint density at radius 3 is 2.20 bits per heavy atom. The molecule has 0 saturated carbocycles. The fourth-order valence-corrected chi connectivity index (χ4v) is 1.07. The average molecular weight is 210 g/mol. The summed E-state index contributed by atoms with van der Waals surface area (Å²) in [7, 11) is 0. The molecule has 3 amide bonds. The van der Waals surface area contributed by atoms with Crippen molar-refractivity contribution < 1.29 is 19.8 Å². The van der Waals surface area contributed by atoms with E-state index in [1.807, 2.05) is 0 Å². The van der Waals surface area contributed by atoms with Gasteiger partial charge in [0.25, 0.3) is 5.91 Å². The van der Waals surface area contributed by atoms with Crippen LogP contribution in [0.5, 0.6) is 5.75 Å². The van der Waals surface area contributed by atoms with Gasteiger partial charge < -0.3 is 15.9 Å². The van der Waals surface area contributed by atoms with Gasteiger partial charge in [0.1, 0.15) is 12.4 Å². The summed E-state index contributed by atoms with van der Waals surface area (Å²) in [5, 5.41) is 17.6. The number of phenolic OH excluding ortho intramolecular Hbond substituents is 1. The van der Waals surface area contributed by atoms with Gasteiger partial charge in [0, 0.05) is 0 Å². The SMILES string of the molecule is NC(=O)N(C(=O)CO)c1ccc(O)cc1. The number of benzene rings is 1. The molecule has 1 rings (SSSR count). The summed E-state index contributed by atoms with van der Waals surface area (Å²) in [6, 6.07) is 4.30. The van der Waals surface area contributed by atoms with Gasteiger partial charge in [0.15, 0.2) is 0 Å². The predicted molar refractivity (Wildman–Crippen MR) is 52.3 cm³/mol. The lowest BCUT2D eigenvalue weighted by molar-refractivity contribution is -0.120. The standard InChI is InChI=1S/C9H10N2O4/c10-9(15)11(8(14)5-12)6-1-3-7(13)4-2-6/h1-4,12-13H,5H2,(H2,10,15). The van der Waals surface area contributed by atoms with E-state index in [1.54, 1.807) is 0 Å². The summed E-state index contributed by atoms with van der Waals surface area (Å²) < 4.78 is 0. The molecule has 0 radical (unpaired) electrons. The molecule has 0 aliphatic carbocycles. The van der Waals surface area contributed by atoms with Crippen LogP contribution in [0.25, 0.3) is 0 Å². The first-order valence-corrected chi connectivity index (χ1v) is 4.08. The molecule has 1 aromatic carbocycles. The third-order valence-corrected chi connectivity index (χ3v) is 1.71. The first-order chi connectivity index (χ1) is 7.06.